The maximum Gasteiger partial charge on any atom is 0.240 e. The molecule has 0 aromatic heterocycles. The predicted octanol–water partition coefficient (Wildman–Crippen LogP) is 4.44. The van der Waals surface area contributed by atoms with E-state index >= 15 is 0 Å². The summed E-state index contributed by atoms with van der Waals surface area (Å²) >= 11 is 0. The number of likely N-dealkylation sites (tertiary alicyclic amines) is 1. The molecule has 0 saturated carbocycles. The van der Waals surface area contributed by atoms with Gasteiger partial charge in [-0.1, -0.05) is 54.6 Å². The summed E-state index contributed by atoms with van der Waals surface area (Å²) in [5.41, 5.74) is 6.45. The molecule has 1 fully saturated rings. The highest BCUT2D eigenvalue weighted by molar-refractivity contribution is 7.89. The van der Waals surface area contributed by atoms with Crippen molar-refractivity contribution in [3.05, 3.63) is 89.0 Å². The van der Waals surface area contributed by atoms with Gasteiger partial charge in [-0.05, 0) is 71.2 Å². The van der Waals surface area contributed by atoms with Gasteiger partial charge in [-0.15, -0.1) is 0 Å². The van der Waals surface area contributed by atoms with Crippen molar-refractivity contribution in [3.8, 4) is 11.1 Å². The second-order valence-electron chi connectivity index (χ2n) is 8.88. The first-order valence-corrected chi connectivity index (χ1v) is 13.0. The van der Waals surface area contributed by atoms with E-state index in [0.29, 0.717) is 17.9 Å². The third-order valence-electron chi connectivity index (χ3n) is 6.66. The number of nitrogens with zero attached hydrogens (tertiary/aromatic N) is 1. The van der Waals surface area contributed by atoms with Gasteiger partial charge in [0.15, 0.2) is 0 Å². The Balaban J connectivity index is 1.31. The van der Waals surface area contributed by atoms with Crippen LogP contribution < -0.4 is 4.72 Å². The van der Waals surface area contributed by atoms with E-state index in [9.17, 15) is 13.2 Å². The molecule has 33 heavy (non-hydrogen) atoms. The topological polar surface area (TPSA) is 66.5 Å². The molecule has 1 saturated heterocycles. The van der Waals surface area contributed by atoms with Crippen molar-refractivity contribution in [1.29, 1.82) is 0 Å². The summed E-state index contributed by atoms with van der Waals surface area (Å²) in [7, 11) is -3.59. The van der Waals surface area contributed by atoms with Crippen molar-refractivity contribution in [2.75, 3.05) is 6.54 Å². The van der Waals surface area contributed by atoms with Gasteiger partial charge in [0, 0.05) is 26.1 Å². The number of hydrogen-bond donors (Lipinski definition) is 1. The first kappa shape index (κ1) is 21.9. The van der Waals surface area contributed by atoms with Crippen molar-refractivity contribution < 1.29 is 13.2 Å². The maximum atomic E-state index is 12.9. The monoisotopic (exact) mass is 460 g/mol. The highest BCUT2D eigenvalue weighted by Gasteiger charge is 2.21. The van der Waals surface area contributed by atoms with E-state index in [4.69, 9.17) is 0 Å². The van der Waals surface area contributed by atoms with Crippen molar-refractivity contribution in [1.82, 2.24) is 9.62 Å². The van der Waals surface area contributed by atoms with Gasteiger partial charge in [0.05, 0.1) is 4.90 Å². The molecule has 5 nitrogen and oxygen atoms in total. The van der Waals surface area contributed by atoms with Crippen LogP contribution >= 0.6 is 0 Å². The van der Waals surface area contributed by atoms with Gasteiger partial charge in [-0.25, -0.2) is 13.1 Å². The molecular weight excluding hydrogens is 432 g/mol. The molecule has 0 spiro atoms. The van der Waals surface area contributed by atoms with Crippen LogP contribution in [0.3, 0.4) is 0 Å². The highest BCUT2D eigenvalue weighted by atomic mass is 32.2. The fourth-order valence-corrected chi connectivity index (χ4v) is 5.87. The molecule has 1 aliphatic carbocycles. The van der Waals surface area contributed by atoms with Crippen LogP contribution in [0.1, 0.15) is 41.5 Å². The number of aryl methyl sites for hydroxylation is 2. The normalized spacial score (nSPS) is 15.8. The SMILES string of the molecule is O=C1CCCN1Cc1ccc(-c2ccccc2CNS(=O)(=O)c2ccc3c(c2)CCC3)cc1. The zero-order chi connectivity index (χ0) is 22.8. The van der Waals surface area contributed by atoms with Gasteiger partial charge in [0.1, 0.15) is 0 Å². The van der Waals surface area contributed by atoms with Crippen LogP contribution in [0.15, 0.2) is 71.6 Å². The Morgan fingerprint density at radius 3 is 2.42 bits per heavy atom. The number of carbonyl (C=O) groups excluding carboxylic acids is 1. The van der Waals surface area contributed by atoms with E-state index in [1.165, 1.54) is 5.56 Å². The van der Waals surface area contributed by atoms with E-state index in [0.717, 1.165) is 60.0 Å². The molecule has 1 amide bonds. The summed E-state index contributed by atoms with van der Waals surface area (Å²) in [6.07, 6.45) is 4.65. The number of rotatable bonds is 7. The highest BCUT2D eigenvalue weighted by Crippen LogP contribution is 2.27. The smallest absolute Gasteiger partial charge is 0.240 e. The number of carbonyl (C=O) groups is 1. The molecule has 170 valence electrons. The summed E-state index contributed by atoms with van der Waals surface area (Å²) in [6.45, 7) is 1.69. The Hall–Kier alpha value is -2.96. The fourth-order valence-electron chi connectivity index (χ4n) is 4.81. The summed E-state index contributed by atoms with van der Waals surface area (Å²) < 4.78 is 28.7. The molecule has 0 bridgehead atoms. The number of hydrogen-bond acceptors (Lipinski definition) is 3. The van der Waals surface area contributed by atoms with Crippen molar-refractivity contribution >= 4 is 15.9 Å². The molecule has 0 unspecified atom stereocenters. The Morgan fingerprint density at radius 1 is 0.848 bits per heavy atom. The first-order chi connectivity index (χ1) is 16.0. The average Bonchev–Trinajstić information content (AvgIpc) is 3.47. The molecule has 0 atom stereocenters. The molecule has 6 heteroatoms. The lowest BCUT2D eigenvalue weighted by molar-refractivity contribution is -0.128. The first-order valence-electron chi connectivity index (χ1n) is 11.6. The van der Waals surface area contributed by atoms with E-state index in [-0.39, 0.29) is 12.5 Å². The fraction of sp³-hybridized carbons (Fsp3) is 0.296. The third kappa shape index (κ3) is 4.72. The molecule has 5 rings (SSSR count). The minimum atomic E-state index is -3.59. The van der Waals surface area contributed by atoms with Gasteiger partial charge in [0.25, 0.3) is 0 Å². The van der Waals surface area contributed by atoms with Crippen LogP contribution in [0.5, 0.6) is 0 Å². The van der Waals surface area contributed by atoms with Crippen LogP contribution in [0.4, 0.5) is 0 Å². The quantitative estimate of drug-likeness (QED) is 0.567. The summed E-state index contributed by atoms with van der Waals surface area (Å²) in [5, 5.41) is 0. The van der Waals surface area contributed by atoms with Crippen LogP contribution in [0.2, 0.25) is 0 Å². The summed E-state index contributed by atoms with van der Waals surface area (Å²) in [5.74, 6) is 0.222. The number of fused-ring (bicyclic) bond motifs is 1. The van der Waals surface area contributed by atoms with E-state index in [2.05, 4.69) is 4.72 Å². The molecule has 0 radical (unpaired) electrons. The predicted molar refractivity (Wildman–Crippen MR) is 129 cm³/mol. The zero-order valence-electron chi connectivity index (χ0n) is 18.6. The summed E-state index contributed by atoms with van der Waals surface area (Å²) in [4.78, 5) is 14.1. The van der Waals surface area contributed by atoms with Gasteiger partial charge >= 0.3 is 0 Å². The molecular formula is C27H28N2O3S. The van der Waals surface area contributed by atoms with Crippen LogP contribution in [-0.2, 0) is 40.7 Å². The van der Waals surface area contributed by atoms with E-state index in [1.54, 1.807) is 6.07 Å². The number of nitrogens with one attached hydrogen (secondary N) is 1. The van der Waals surface area contributed by atoms with Crippen LogP contribution in [0.25, 0.3) is 11.1 Å². The lowest BCUT2D eigenvalue weighted by atomic mass is 9.98. The Kier molecular flexibility index (Phi) is 6.04. The molecule has 3 aromatic carbocycles. The second kappa shape index (κ2) is 9.12. The van der Waals surface area contributed by atoms with Crippen molar-refractivity contribution in [2.24, 2.45) is 0 Å². The lowest BCUT2D eigenvalue weighted by Gasteiger charge is -2.16. The van der Waals surface area contributed by atoms with Gasteiger partial charge in [-0.2, -0.15) is 0 Å². The maximum absolute atomic E-state index is 12.9. The molecule has 1 N–H and O–H groups in total. The molecule has 2 aliphatic rings. The lowest BCUT2D eigenvalue weighted by Crippen LogP contribution is -2.24. The Labute approximate surface area is 195 Å². The average molecular weight is 461 g/mol. The van der Waals surface area contributed by atoms with Crippen molar-refractivity contribution in [3.63, 3.8) is 0 Å². The van der Waals surface area contributed by atoms with Crippen LogP contribution in [0, 0.1) is 0 Å². The van der Waals surface area contributed by atoms with Gasteiger partial charge in [0.2, 0.25) is 15.9 Å². The standard InChI is InChI=1S/C27H28N2O3S/c30-27-9-4-16-29(27)19-20-10-12-22(13-11-20)26-8-2-1-5-24(26)18-28-33(31,32)25-15-14-21-6-3-7-23(21)17-25/h1-2,5,8,10-15,17,28H,3-4,6-7,9,16,18-19H2. The van der Waals surface area contributed by atoms with Gasteiger partial charge < -0.3 is 4.90 Å². The van der Waals surface area contributed by atoms with Crippen molar-refractivity contribution in [2.45, 2.75) is 50.1 Å². The van der Waals surface area contributed by atoms with E-state index in [1.807, 2.05) is 65.6 Å². The minimum Gasteiger partial charge on any atom is -0.338 e. The Bertz CT molecular complexity index is 1280. The number of amides is 1. The second-order valence-corrected chi connectivity index (χ2v) is 10.6. The number of benzene rings is 3. The largest absolute Gasteiger partial charge is 0.338 e. The number of sulfonamides is 1. The minimum absolute atomic E-state index is 0.222. The Morgan fingerprint density at radius 2 is 1.64 bits per heavy atom. The van der Waals surface area contributed by atoms with Gasteiger partial charge in [-0.3, -0.25) is 4.79 Å². The third-order valence-corrected chi connectivity index (χ3v) is 8.06. The molecule has 1 heterocycles. The van der Waals surface area contributed by atoms with Crippen LogP contribution in [-0.4, -0.2) is 25.8 Å². The molecule has 1 aliphatic heterocycles. The molecule has 3 aromatic rings. The summed E-state index contributed by atoms with van der Waals surface area (Å²) in [6, 6.07) is 21.5. The van der Waals surface area contributed by atoms with E-state index < -0.39 is 10.0 Å². The zero-order valence-corrected chi connectivity index (χ0v) is 19.4.